The Balaban J connectivity index is 1.67. The van der Waals surface area contributed by atoms with Crippen LogP contribution in [-0.2, 0) is 11.3 Å². The van der Waals surface area contributed by atoms with Crippen LogP contribution in [0.1, 0.15) is 36.9 Å². The minimum atomic E-state index is 0.135. The molecule has 2 aromatic carbocycles. The van der Waals surface area contributed by atoms with Crippen LogP contribution in [-0.4, -0.2) is 35.3 Å². The molecule has 0 aliphatic heterocycles. The summed E-state index contributed by atoms with van der Waals surface area (Å²) in [6.45, 7) is 3.21. The quantitative estimate of drug-likeness (QED) is 0.728. The predicted molar refractivity (Wildman–Crippen MR) is 103 cm³/mol. The van der Waals surface area contributed by atoms with E-state index in [1.54, 1.807) is 0 Å². The van der Waals surface area contributed by atoms with E-state index in [4.69, 9.17) is 11.6 Å². The van der Waals surface area contributed by atoms with Crippen molar-refractivity contribution in [2.75, 3.05) is 13.6 Å². The van der Waals surface area contributed by atoms with Crippen molar-refractivity contribution >= 4 is 17.5 Å². The molecule has 0 spiro atoms. The number of amides is 1. The van der Waals surface area contributed by atoms with Crippen molar-refractivity contribution < 1.29 is 4.79 Å². The van der Waals surface area contributed by atoms with Gasteiger partial charge in [0.25, 0.3) is 0 Å². The van der Waals surface area contributed by atoms with Gasteiger partial charge in [-0.3, -0.25) is 9.69 Å². The Labute approximate surface area is 155 Å². The standard InChI is InChI=1S/C21H25ClN2O/c1-16(19-10-6-7-11-20(19)22)24(18-12-13-18)15-21(25)23(2)14-17-8-4-3-5-9-17/h3-11,16,18H,12-15H2,1-2H3. The summed E-state index contributed by atoms with van der Waals surface area (Å²) < 4.78 is 0. The molecule has 2 aromatic rings. The Morgan fingerprint density at radius 3 is 2.40 bits per heavy atom. The van der Waals surface area contributed by atoms with Crippen LogP contribution < -0.4 is 0 Å². The second-order valence-electron chi connectivity index (χ2n) is 6.84. The van der Waals surface area contributed by atoms with E-state index in [1.807, 2.05) is 48.3 Å². The molecule has 3 rings (SSSR count). The third-order valence-corrected chi connectivity index (χ3v) is 5.22. The average Bonchev–Trinajstić information content (AvgIpc) is 3.45. The number of nitrogens with zero attached hydrogens (tertiary/aromatic N) is 2. The Bertz CT molecular complexity index is 715. The van der Waals surface area contributed by atoms with Crippen molar-refractivity contribution in [3.8, 4) is 0 Å². The first-order valence-electron chi connectivity index (χ1n) is 8.84. The highest BCUT2D eigenvalue weighted by Gasteiger charge is 2.35. The summed E-state index contributed by atoms with van der Waals surface area (Å²) in [5, 5.41) is 0.769. The zero-order valence-corrected chi connectivity index (χ0v) is 15.6. The van der Waals surface area contributed by atoms with E-state index >= 15 is 0 Å². The molecular weight excluding hydrogens is 332 g/mol. The number of benzene rings is 2. The molecule has 0 saturated heterocycles. The fourth-order valence-corrected chi connectivity index (χ4v) is 3.50. The molecule has 1 amide bonds. The molecule has 4 heteroatoms. The molecule has 1 aliphatic rings. The van der Waals surface area contributed by atoms with E-state index in [1.165, 1.54) is 0 Å². The first-order valence-corrected chi connectivity index (χ1v) is 9.22. The molecular formula is C21H25ClN2O. The lowest BCUT2D eigenvalue weighted by atomic mass is 10.1. The van der Waals surface area contributed by atoms with Crippen molar-refractivity contribution in [1.82, 2.24) is 9.80 Å². The predicted octanol–water partition coefficient (Wildman–Crippen LogP) is 4.52. The van der Waals surface area contributed by atoms with Gasteiger partial charge in [0, 0.05) is 30.7 Å². The van der Waals surface area contributed by atoms with Crippen molar-refractivity contribution in [1.29, 1.82) is 0 Å². The smallest absolute Gasteiger partial charge is 0.236 e. The topological polar surface area (TPSA) is 23.6 Å². The van der Waals surface area contributed by atoms with Gasteiger partial charge in [0.05, 0.1) is 6.54 Å². The van der Waals surface area contributed by atoms with Crippen LogP contribution in [0, 0.1) is 0 Å². The Kier molecular flexibility index (Phi) is 5.77. The zero-order valence-electron chi connectivity index (χ0n) is 14.9. The number of hydrogen-bond acceptors (Lipinski definition) is 2. The molecule has 0 aromatic heterocycles. The van der Waals surface area contributed by atoms with Crippen LogP contribution in [0.3, 0.4) is 0 Å². The fraction of sp³-hybridized carbons (Fsp3) is 0.381. The Morgan fingerprint density at radius 2 is 1.76 bits per heavy atom. The van der Waals surface area contributed by atoms with Crippen molar-refractivity contribution in [3.63, 3.8) is 0 Å². The summed E-state index contributed by atoms with van der Waals surface area (Å²) in [5.41, 5.74) is 2.24. The molecule has 132 valence electrons. The number of halogens is 1. The van der Waals surface area contributed by atoms with Crippen LogP contribution in [0.4, 0.5) is 0 Å². The molecule has 1 fully saturated rings. The largest absolute Gasteiger partial charge is 0.340 e. The van der Waals surface area contributed by atoms with Crippen molar-refractivity contribution in [2.24, 2.45) is 0 Å². The Morgan fingerprint density at radius 1 is 1.12 bits per heavy atom. The second-order valence-corrected chi connectivity index (χ2v) is 7.24. The zero-order chi connectivity index (χ0) is 17.8. The van der Waals surface area contributed by atoms with Gasteiger partial charge in [-0.2, -0.15) is 0 Å². The van der Waals surface area contributed by atoms with Gasteiger partial charge in [0.2, 0.25) is 5.91 Å². The summed E-state index contributed by atoms with van der Waals surface area (Å²) in [6.07, 6.45) is 2.31. The molecule has 3 nitrogen and oxygen atoms in total. The van der Waals surface area contributed by atoms with Gasteiger partial charge in [-0.15, -0.1) is 0 Å². The number of likely N-dealkylation sites (N-methyl/N-ethyl adjacent to an activating group) is 1. The number of rotatable bonds is 7. The summed E-state index contributed by atoms with van der Waals surface area (Å²) >= 11 is 6.37. The highest BCUT2D eigenvalue weighted by molar-refractivity contribution is 6.31. The lowest BCUT2D eigenvalue weighted by Gasteiger charge is -2.31. The number of hydrogen-bond donors (Lipinski definition) is 0. The maximum atomic E-state index is 12.8. The third-order valence-electron chi connectivity index (χ3n) is 4.87. The SMILES string of the molecule is CC(c1ccccc1Cl)N(CC(=O)N(C)Cc1ccccc1)C1CC1. The molecule has 0 heterocycles. The first-order chi connectivity index (χ1) is 12.1. The minimum absolute atomic E-state index is 0.135. The maximum Gasteiger partial charge on any atom is 0.236 e. The summed E-state index contributed by atoms with van der Waals surface area (Å²) in [7, 11) is 1.88. The van der Waals surface area contributed by atoms with Gasteiger partial charge >= 0.3 is 0 Å². The highest BCUT2D eigenvalue weighted by atomic mass is 35.5. The highest BCUT2D eigenvalue weighted by Crippen LogP contribution is 2.36. The fourth-order valence-electron chi connectivity index (χ4n) is 3.20. The van der Waals surface area contributed by atoms with E-state index in [0.29, 0.717) is 19.1 Å². The average molecular weight is 357 g/mol. The first kappa shape index (κ1) is 18.0. The lowest BCUT2D eigenvalue weighted by Crippen LogP contribution is -2.40. The third kappa shape index (κ3) is 4.62. The maximum absolute atomic E-state index is 12.8. The van der Waals surface area contributed by atoms with Gasteiger partial charge < -0.3 is 4.90 Å². The normalized spacial score (nSPS) is 15.2. The van der Waals surface area contributed by atoms with E-state index in [9.17, 15) is 4.79 Å². The monoisotopic (exact) mass is 356 g/mol. The van der Waals surface area contributed by atoms with Crippen LogP contribution in [0.5, 0.6) is 0 Å². The van der Waals surface area contributed by atoms with E-state index in [0.717, 1.165) is 29.0 Å². The van der Waals surface area contributed by atoms with Gasteiger partial charge in [-0.05, 0) is 37.0 Å². The van der Waals surface area contributed by atoms with Crippen molar-refractivity contribution in [2.45, 2.75) is 38.4 Å². The van der Waals surface area contributed by atoms with Crippen LogP contribution in [0.2, 0.25) is 5.02 Å². The summed E-state index contributed by atoms with van der Waals surface area (Å²) in [5.74, 6) is 0.148. The van der Waals surface area contributed by atoms with E-state index in [-0.39, 0.29) is 11.9 Å². The minimum Gasteiger partial charge on any atom is -0.340 e. The lowest BCUT2D eigenvalue weighted by molar-refractivity contribution is -0.132. The number of carbonyl (C=O) groups is 1. The molecule has 1 atom stereocenters. The van der Waals surface area contributed by atoms with Crippen LogP contribution in [0.15, 0.2) is 54.6 Å². The molecule has 0 N–H and O–H groups in total. The molecule has 0 bridgehead atoms. The summed E-state index contributed by atoms with van der Waals surface area (Å²) in [6, 6.07) is 18.6. The molecule has 1 saturated carbocycles. The van der Waals surface area contributed by atoms with Crippen molar-refractivity contribution in [3.05, 3.63) is 70.7 Å². The van der Waals surface area contributed by atoms with E-state index < -0.39 is 0 Å². The molecule has 1 unspecified atom stereocenters. The van der Waals surface area contributed by atoms with Gasteiger partial charge in [-0.1, -0.05) is 60.1 Å². The molecule has 25 heavy (non-hydrogen) atoms. The van der Waals surface area contributed by atoms with Crippen LogP contribution in [0.25, 0.3) is 0 Å². The summed E-state index contributed by atoms with van der Waals surface area (Å²) in [4.78, 5) is 16.9. The molecule has 1 aliphatic carbocycles. The Hall–Kier alpha value is -1.84. The van der Waals surface area contributed by atoms with E-state index in [2.05, 4.69) is 30.0 Å². The number of carbonyl (C=O) groups excluding carboxylic acids is 1. The second kappa shape index (κ2) is 8.03. The molecule has 0 radical (unpaired) electrons. The van der Waals surface area contributed by atoms with Gasteiger partial charge in [0.15, 0.2) is 0 Å². The van der Waals surface area contributed by atoms with Gasteiger partial charge in [-0.25, -0.2) is 0 Å². The van der Waals surface area contributed by atoms with Gasteiger partial charge in [0.1, 0.15) is 0 Å². The van der Waals surface area contributed by atoms with Crippen LogP contribution >= 0.6 is 11.6 Å².